The summed E-state index contributed by atoms with van der Waals surface area (Å²) in [6, 6.07) is 3.95. The average molecular weight is 374 g/mol. The Hall–Kier alpha value is -2.17. The van der Waals surface area contributed by atoms with Crippen LogP contribution in [0.15, 0.2) is 23.1 Å². The van der Waals surface area contributed by atoms with Gasteiger partial charge >= 0.3 is 6.01 Å². The molecule has 0 aliphatic heterocycles. The van der Waals surface area contributed by atoms with Crippen LogP contribution in [0.1, 0.15) is 19.8 Å². The van der Waals surface area contributed by atoms with Crippen LogP contribution in [0.5, 0.6) is 6.01 Å². The predicted molar refractivity (Wildman–Crippen MR) is 89.2 cm³/mol. The van der Waals surface area contributed by atoms with Crippen molar-refractivity contribution >= 4 is 39.0 Å². The minimum atomic E-state index is -4.38. The first-order chi connectivity index (χ1) is 11.3. The number of unbranched alkanes of at least 4 members (excludes halogenated alkanes) is 1. The normalized spacial score (nSPS) is 11.3. The molecular weight excluding hydrogens is 358 g/mol. The minimum Gasteiger partial charge on any atom is -0.463 e. The molecule has 0 saturated heterocycles. The number of nitrogen functional groups attached to an aromatic ring is 1. The molecule has 1 aromatic carbocycles. The van der Waals surface area contributed by atoms with Crippen LogP contribution in [0.3, 0.4) is 0 Å². The Bertz CT molecular complexity index is 831. The number of hydrogen-bond donors (Lipinski definition) is 3. The van der Waals surface area contributed by atoms with Crippen molar-refractivity contribution in [2.24, 2.45) is 0 Å². The molecule has 1 heterocycles. The summed E-state index contributed by atoms with van der Waals surface area (Å²) in [7, 11) is -4.38. The van der Waals surface area contributed by atoms with Gasteiger partial charge in [0.05, 0.1) is 12.3 Å². The molecule has 2 aromatic rings. The van der Waals surface area contributed by atoms with Crippen LogP contribution in [0.25, 0.3) is 0 Å². The quantitative estimate of drug-likeness (QED) is 0.378. The second kappa shape index (κ2) is 7.60. The first-order valence-electron chi connectivity index (χ1n) is 6.98. The topological polar surface area (TPSA) is 140 Å². The number of nitrogens with zero attached hydrogens (tertiary/aromatic N) is 3. The molecule has 9 nitrogen and oxygen atoms in total. The molecule has 24 heavy (non-hydrogen) atoms. The van der Waals surface area contributed by atoms with Crippen molar-refractivity contribution in [2.75, 3.05) is 17.7 Å². The van der Waals surface area contributed by atoms with E-state index in [2.05, 4.69) is 20.3 Å². The molecule has 0 radical (unpaired) electrons. The number of ether oxygens (including phenoxy) is 1. The van der Waals surface area contributed by atoms with Gasteiger partial charge in [0.2, 0.25) is 11.2 Å². The van der Waals surface area contributed by atoms with E-state index in [4.69, 9.17) is 26.6 Å². The lowest BCUT2D eigenvalue weighted by atomic mass is 10.3. The highest BCUT2D eigenvalue weighted by molar-refractivity contribution is 7.86. The van der Waals surface area contributed by atoms with Crippen molar-refractivity contribution in [2.45, 2.75) is 24.7 Å². The van der Waals surface area contributed by atoms with Crippen molar-refractivity contribution < 1.29 is 17.7 Å². The molecule has 0 amide bonds. The lowest BCUT2D eigenvalue weighted by Crippen LogP contribution is -2.06. The van der Waals surface area contributed by atoms with Gasteiger partial charge < -0.3 is 15.8 Å². The number of anilines is 3. The molecule has 0 saturated carbocycles. The maximum absolute atomic E-state index is 11.1. The van der Waals surface area contributed by atoms with Gasteiger partial charge in [0.15, 0.2) is 0 Å². The van der Waals surface area contributed by atoms with E-state index in [1.54, 1.807) is 0 Å². The number of nitrogens with two attached hydrogens (primary N) is 1. The molecule has 11 heteroatoms. The molecule has 4 N–H and O–H groups in total. The second-order valence-electron chi connectivity index (χ2n) is 4.77. The summed E-state index contributed by atoms with van der Waals surface area (Å²) in [5, 5.41) is 2.76. The third kappa shape index (κ3) is 4.91. The van der Waals surface area contributed by atoms with Crippen LogP contribution >= 0.6 is 11.6 Å². The van der Waals surface area contributed by atoms with Crippen molar-refractivity contribution in [3.63, 3.8) is 0 Å². The average Bonchev–Trinajstić information content (AvgIpc) is 2.45. The van der Waals surface area contributed by atoms with Gasteiger partial charge in [-0.3, -0.25) is 4.55 Å². The summed E-state index contributed by atoms with van der Waals surface area (Å²) >= 11 is 5.83. The summed E-state index contributed by atoms with van der Waals surface area (Å²) in [5.41, 5.74) is 5.90. The first-order valence-corrected chi connectivity index (χ1v) is 8.80. The van der Waals surface area contributed by atoms with Gasteiger partial charge in [0.25, 0.3) is 10.1 Å². The van der Waals surface area contributed by atoms with E-state index in [1.165, 1.54) is 12.1 Å². The van der Waals surface area contributed by atoms with Gasteiger partial charge in [0, 0.05) is 5.69 Å². The van der Waals surface area contributed by atoms with Gasteiger partial charge in [-0.05, 0) is 36.2 Å². The van der Waals surface area contributed by atoms with Crippen LogP contribution in [0.2, 0.25) is 5.28 Å². The van der Waals surface area contributed by atoms with Crippen molar-refractivity contribution in [3.05, 3.63) is 23.5 Å². The zero-order valence-corrected chi connectivity index (χ0v) is 14.3. The van der Waals surface area contributed by atoms with Crippen LogP contribution < -0.4 is 15.8 Å². The standard InChI is InChI=1S/C13H16ClN5O4S/c1-2-3-6-23-13-18-11(14)17-12(19-13)16-8-4-5-10(9(15)7-8)24(20,21)22/h4-5,7H,2-3,6,15H2,1H3,(H,20,21,22)(H,16,17,18,19). The van der Waals surface area contributed by atoms with Gasteiger partial charge in [-0.15, -0.1) is 0 Å². The van der Waals surface area contributed by atoms with Crippen LogP contribution in [-0.4, -0.2) is 34.5 Å². The fourth-order valence-corrected chi connectivity index (χ4v) is 2.50. The molecule has 0 aliphatic rings. The van der Waals surface area contributed by atoms with Crippen LogP contribution in [0, 0.1) is 0 Å². The van der Waals surface area contributed by atoms with Crippen LogP contribution in [0.4, 0.5) is 17.3 Å². The van der Waals surface area contributed by atoms with E-state index in [-0.39, 0.29) is 27.8 Å². The largest absolute Gasteiger partial charge is 0.463 e. The maximum atomic E-state index is 11.1. The fourth-order valence-electron chi connectivity index (χ4n) is 1.75. The number of halogens is 1. The Balaban J connectivity index is 2.20. The summed E-state index contributed by atoms with van der Waals surface area (Å²) in [5.74, 6) is 0.112. The number of benzene rings is 1. The number of rotatable bonds is 7. The highest BCUT2D eigenvalue weighted by atomic mass is 35.5. The van der Waals surface area contributed by atoms with Gasteiger partial charge in [-0.25, -0.2) is 0 Å². The number of aromatic nitrogens is 3. The van der Waals surface area contributed by atoms with Crippen molar-refractivity contribution in [1.29, 1.82) is 0 Å². The fraction of sp³-hybridized carbons (Fsp3) is 0.308. The number of nitrogens with one attached hydrogen (secondary N) is 1. The van der Waals surface area contributed by atoms with E-state index in [9.17, 15) is 8.42 Å². The molecule has 0 bridgehead atoms. The van der Waals surface area contributed by atoms with Crippen molar-refractivity contribution in [3.8, 4) is 6.01 Å². The summed E-state index contributed by atoms with van der Waals surface area (Å²) in [6.07, 6.45) is 1.81. The van der Waals surface area contributed by atoms with Crippen molar-refractivity contribution in [1.82, 2.24) is 15.0 Å². The minimum absolute atomic E-state index is 0.0541. The molecule has 1 aromatic heterocycles. The Kier molecular flexibility index (Phi) is 5.75. The Labute approximate surface area is 144 Å². The van der Waals surface area contributed by atoms with E-state index in [0.29, 0.717) is 12.3 Å². The highest BCUT2D eigenvalue weighted by Gasteiger charge is 2.14. The third-order valence-corrected chi connectivity index (χ3v) is 3.96. The predicted octanol–water partition coefficient (Wildman–Crippen LogP) is 2.28. The Morgan fingerprint density at radius 2 is 2.08 bits per heavy atom. The molecule has 0 unspecified atom stereocenters. The molecule has 130 valence electrons. The lowest BCUT2D eigenvalue weighted by Gasteiger charge is -2.09. The van der Waals surface area contributed by atoms with Gasteiger partial charge in [-0.1, -0.05) is 13.3 Å². The molecular formula is C13H16ClN5O4S. The van der Waals surface area contributed by atoms with E-state index >= 15 is 0 Å². The Morgan fingerprint density at radius 3 is 2.71 bits per heavy atom. The monoisotopic (exact) mass is 373 g/mol. The smallest absolute Gasteiger partial charge is 0.322 e. The summed E-state index contributed by atoms with van der Waals surface area (Å²) in [4.78, 5) is 11.4. The molecule has 2 rings (SSSR count). The zero-order valence-electron chi connectivity index (χ0n) is 12.7. The molecule has 0 atom stereocenters. The number of hydrogen-bond acceptors (Lipinski definition) is 8. The Morgan fingerprint density at radius 1 is 1.33 bits per heavy atom. The molecule has 0 spiro atoms. The SMILES string of the molecule is CCCCOc1nc(Cl)nc(Nc2ccc(S(=O)(=O)O)c(N)c2)n1. The first kappa shape index (κ1) is 18.2. The summed E-state index contributed by atoms with van der Waals surface area (Å²) < 4.78 is 36.7. The second-order valence-corrected chi connectivity index (χ2v) is 6.49. The summed E-state index contributed by atoms with van der Waals surface area (Å²) in [6.45, 7) is 2.48. The van der Waals surface area contributed by atoms with Crippen LogP contribution in [-0.2, 0) is 10.1 Å². The molecule has 0 fully saturated rings. The van der Waals surface area contributed by atoms with Gasteiger partial charge in [-0.2, -0.15) is 23.4 Å². The van der Waals surface area contributed by atoms with E-state index in [0.717, 1.165) is 18.9 Å². The maximum Gasteiger partial charge on any atom is 0.322 e. The third-order valence-electron chi connectivity index (χ3n) is 2.86. The zero-order chi connectivity index (χ0) is 17.7. The molecule has 0 aliphatic carbocycles. The van der Waals surface area contributed by atoms with Gasteiger partial charge in [0.1, 0.15) is 4.90 Å². The lowest BCUT2D eigenvalue weighted by molar-refractivity contribution is 0.285. The van der Waals surface area contributed by atoms with E-state index < -0.39 is 10.1 Å². The van der Waals surface area contributed by atoms with E-state index in [1.807, 2.05) is 6.92 Å². The highest BCUT2D eigenvalue weighted by Crippen LogP contribution is 2.24.